The molecule has 2 atom stereocenters. The number of amides is 1. The standard InChI is InChI=1S/C16H19F3N2O2/c17-16(18,19)12-4-1-3-11(7-12)14-8-13(22)9-21(14)10-15(23)20-5-2-6-20/h1,3-4,7,13-14,22H,2,5-6,8-10H2/t13-,14-/m1/s1. The van der Waals surface area contributed by atoms with Crippen LogP contribution < -0.4 is 0 Å². The summed E-state index contributed by atoms with van der Waals surface area (Å²) in [4.78, 5) is 15.6. The van der Waals surface area contributed by atoms with Gasteiger partial charge in [0.05, 0.1) is 18.2 Å². The molecule has 0 saturated carbocycles. The number of rotatable bonds is 3. The van der Waals surface area contributed by atoms with E-state index in [4.69, 9.17) is 0 Å². The fourth-order valence-electron chi connectivity index (χ4n) is 3.16. The number of aliphatic hydroxyl groups excluding tert-OH is 1. The Morgan fingerprint density at radius 2 is 2.04 bits per heavy atom. The molecular formula is C16H19F3N2O2. The smallest absolute Gasteiger partial charge is 0.392 e. The molecule has 0 spiro atoms. The van der Waals surface area contributed by atoms with Crippen molar-refractivity contribution in [1.29, 1.82) is 0 Å². The second-order valence-electron chi connectivity index (χ2n) is 6.19. The Kier molecular flexibility index (Phi) is 4.33. The maximum atomic E-state index is 12.9. The van der Waals surface area contributed by atoms with E-state index in [0.717, 1.165) is 31.6 Å². The Hall–Kier alpha value is -1.60. The highest BCUT2D eigenvalue weighted by Crippen LogP contribution is 2.36. The topological polar surface area (TPSA) is 43.8 Å². The van der Waals surface area contributed by atoms with Gasteiger partial charge in [0.25, 0.3) is 0 Å². The molecule has 1 N–H and O–H groups in total. The summed E-state index contributed by atoms with van der Waals surface area (Å²) >= 11 is 0. The number of alkyl halides is 3. The molecule has 2 aliphatic heterocycles. The molecule has 0 bridgehead atoms. The largest absolute Gasteiger partial charge is 0.416 e. The van der Waals surface area contributed by atoms with Gasteiger partial charge in [0, 0.05) is 25.7 Å². The maximum absolute atomic E-state index is 12.9. The number of hydrogen-bond donors (Lipinski definition) is 1. The second kappa shape index (κ2) is 6.13. The number of β-amino-alcohol motifs (C(OH)–C–C–N with tert-alkyl or cyclic N) is 1. The number of carbonyl (C=O) groups excluding carboxylic acids is 1. The molecule has 0 aliphatic carbocycles. The van der Waals surface area contributed by atoms with Crippen LogP contribution in [-0.2, 0) is 11.0 Å². The van der Waals surface area contributed by atoms with Crippen LogP contribution in [0.1, 0.15) is 30.0 Å². The van der Waals surface area contributed by atoms with Crippen LogP contribution in [0.2, 0.25) is 0 Å². The summed E-state index contributed by atoms with van der Waals surface area (Å²) in [6, 6.07) is 4.78. The minimum absolute atomic E-state index is 0.0256. The van der Waals surface area contributed by atoms with Gasteiger partial charge in [0.2, 0.25) is 5.91 Å². The number of halogens is 3. The first-order valence-electron chi connectivity index (χ1n) is 7.71. The number of nitrogens with zero attached hydrogens (tertiary/aromatic N) is 2. The molecule has 1 amide bonds. The highest BCUT2D eigenvalue weighted by atomic mass is 19.4. The summed E-state index contributed by atoms with van der Waals surface area (Å²) in [5.41, 5.74) is -0.210. The fourth-order valence-corrected chi connectivity index (χ4v) is 3.16. The molecule has 3 rings (SSSR count). The van der Waals surface area contributed by atoms with Crippen molar-refractivity contribution >= 4 is 5.91 Å². The molecule has 4 nitrogen and oxygen atoms in total. The average Bonchev–Trinajstić information content (AvgIpc) is 2.76. The lowest BCUT2D eigenvalue weighted by atomic mass is 10.0. The van der Waals surface area contributed by atoms with Gasteiger partial charge in [-0.3, -0.25) is 9.69 Å². The van der Waals surface area contributed by atoms with Crippen LogP contribution in [0, 0.1) is 0 Å². The predicted octanol–water partition coefficient (Wildman–Crippen LogP) is 2.05. The van der Waals surface area contributed by atoms with Crippen molar-refractivity contribution in [3.63, 3.8) is 0 Å². The monoisotopic (exact) mass is 328 g/mol. The first-order valence-corrected chi connectivity index (χ1v) is 7.71. The Labute approximate surface area is 132 Å². The van der Waals surface area contributed by atoms with Crippen LogP contribution in [0.25, 0.3) is 0 Å². The SMILES string of the molecule is O=C(CN1C[C@H](O)C[C@@H]1c1cccc(C(F)(F)F)c1)N1CCC1. The van der Waals surface area contributed by atoms with E-state index in [2.05, 4.69) is 0 Å². The van der Waals surface area contributed by atoms with Crippen molar-refractivity contribution in [2.24, 2.45) is 0 Å². The zero-order valence-electron chi connectivity index (χ0n) is 12.6. The van der Waals surface area contributed by atoms with Gasteiger partial charge >= 0.3 is 6.18 Å². The average molecular weight is 328 g/mol. The summed E-state index contributed by atoms with van der Waals surface area (Å²) in [6.45, 7) is 1.92. The first kappa shape index (κ1) is 16.3. The van der Waals surface area contributed by atoms with E-state index in [-0.39, 0.29) is 18.5 Å². The highest BCUT2D eigenvalue weighted by molar-refractivity contribution is 5.79. The van der Waals surface area contributed by atoms with Crippen LogP contribution in [0.4, 0.5) is 13.2 Å². The number of carbonyl (C=O) groups is 1. The second-order valence-corrected chi connectivity index (χ2v) is 6.19. The molecule has 23 heavy (non-hydrogen) atoms. The van der Waals surface area contributed by atoms with E-state index in [1.807, 2.05) is 0 Å². The first-order chi connectivity index (χ1) is 10.8. The van der Waals surface area contributed by atoms with Gasteiger partial charge in [0.1, 0.15) is 0 Å². The summed E-state index contributed by atoms with van der Waals surface area (Å²) in [5, 5.41) is 9.89. The van der Waals surface area contributed by atoms with Gasteiger partial charge in [-0.15, -0.1) is 0 Å². The van der Waals surface area contributed by atoms with Gasteiger partial charge in [-0.05, 0) is 30.5 Å². The Balaban J connectivity index is 1.77. The van der Waals surface area contributed by atoms with Gasteiger partial charge in [-0.2, -0.15) is 13.2 Å². The van der Waals surface area contributed by atoms with Crippen molar-refractivity contribution < 1.29 is 23.1 Å². The van der Waals surface area contributed by atoms with E-state index < -0.39 is 17.8 Å². The molecule has 0 unspecified atom stereocenters. The minimum Gasteiger partial charge on any atom is -0.392 e. The normalized spacial score (nSPS) is 25.5. The lowest BCUT2D eigenvalue weighted by Crippen LogP contribution is -2.47. The van der Waals surface area contributed by atoms with Crippen molar-refractivity contribution in [1.82, 2.24) is 9.80 Å². The van der Waals surface area contributed by atoms with Crippen molar-refractivity contribution in [2.75, 3.05) is 26.2 Å². The highest BCUT2D eigenvalue weighted by Gasteiger charge is 2.36. The number of likely N-dealkylation sites (tertiary alicyclic amines) is 2. The molecular weight excluding hydrogens is 309 g/mol. The van der Waals surface area contributed by atoms with Crippen molar-refractivity contribution in [3.8, 4) is 0 Å². The Morgan fingerprint density at radius 3 is 2.65 bits per heavy atom. The van der Waals surface area contributed by atoms with Crippen molar-refractivity contribution in [3.05, 3.63) is 35.4 Å². The Bertz CT molecular complexity index is 587. The summed E-state index contributed by atoms with van der Waals surface area (Å²) < 4.78 is 38.6. The minimum atomic E-state index is -4.40. The van der Waals surface area contributed by atoms with Crippen LogP contribution in [-0.4, -0.2) is 53.1 Å². The molecule has 0 aromatic heterocycles. The van der Waals surface area contributed by atoms with E-state index in [1.54, 1.807) is 15.9 Å². The molecule has 2 heterocycles. The molecule has 1 aromatic carbocycles. The van der Waals surface area contributed by atoms with Gasteiger partial charge in [0.15, 0.2) is 0 Å². The molecule has 2 fully saturated rings. The van der Waals surface area contributed by atoms with Crippen LogP contribution in [0.3, 0.4) is 0 Å². The summed E-state index contributed by atoms with van der Waals surface area (Å²) in [7, 11) is 0. The predicted molar refractivity (Wildman–Crippen MR) is 77.6 cm³/mol. The van der Waals surface area contributed by atoms with Crippen molar-refractivity contribution in [2.45, 2.75) is 31.2 Å². The summed E-state index contributed by atoms with van der Waals surface area (Å²) in [5.74, 6) is -0.0256. The molecule has 126 valence electrons. The molecule has 2 saturated heterocycles. The lowest BCUT2D eigenvalue weighted by molar-refractivity contribution is -0.138. The lowest BCUT2D eigenvalue weighted by Gasteiger charge is -2.33. The quantitative estimate of drug-likeness (QED) is 0.923. The maximum Gasteiger partial charge on any atom is 0.416 e. The van der Waals surface area contributed by atoms with E-state index in [0.29, 0.717) is 18.5 Å². The zero-order valence-corrected chi connectivity index (χ0v) is 12.6. The molecule has 7 heteroatoms. The van der Waals surface area contributed by atoms with E-state index in [1.165, 1.54) is 6.07 Å². The molecule has 2 aliphatic rings. The number of benzene rings is 1. The number of hydrogen-bond acceptors (Lipinski definition) is 3. The molecule has 0 radical (unpaired) electrons. The van der Waals surface area contributed by atoms with Gasteiger partial charge in [-0.1, -0.05) is 12.1 Å². The van der Waals surface area contributed by atoms with Gasteiger partial charge < -0.3 is 10.0 Å². The zero-order chi connectivity index (χ0) is 16.6. The van der Waals surface area contributed by atoms with Crippen LogP contribution >= 0.6 is 0 Å². The number of aliphatic hydroxyl groups is 1. The van der Waals surface area contributed by atoms with E-state index in [9.17, 15) is 23.1 Å². The third-order valence-corrected chi connectivity index (χ3v) is 4.53. The molecule has 1 aromatic rings. The summed E-state index contributed by atoms with van der Waals surface area (Å²) in [6.07, 6.45) is -3.69. The van der Waals surface area contributed by atoms with Gasteiger partial charge in [-0.25, -0.2) is 0 Å². The Morgan fingerprint density at radius 1 is 1.30 bits per heavy atom. The third kappa shape index (κ3) is 3.50. The third-order valence-electron chi connectivity index (χ3n) is 4.53. The van der Waals surface area contributed by atoms with Crippen LogP contribution in [0.15, 0.2) is 24.3 Å². The van der Waals surface area contributed by atoms with E-state index >= 15 is 0 Å². The fraction of sp³-hybridized carbons (Fsp3) is 0.562. The van der Waals surface area contributed by atoms with Crippen LogP contribution in [0.5, 0.6) is 0 Å².